The number of hydrogen-bond acceptors (Lipinski definition) is 2. The first kappa shape index (κ1) is 33.7. The molecular weight excluding hydrogens is 448 g/mol. The molecule has 1 aromatic carbocycles. The first-order valence-electron chi connectivity index (χ1n) is 5.48. The fraction of sp³-hybridized carbons (Fsp3) is 0.143. The summed E-state index contributed by atoms with van der Waals surface area (Å²) in [5.74, 6) is 0. The standard InChI is InChI=1S/C7H8O2S.3BF4.K.H/c1-10(8,9)7-5-3-2-4-6-7;3*2-1(3,4)5;;/h2-6H,1H3;;;;;/q;3*-1;+1;-1. The SMILES string of the molecule is CS(=O)(=O)c1ccccc1.F[B-](F)(F)F.F[B-](F)(F)F.F[B-](F)(F)F.[H-].[K+]. The minimum atomic E-state index is -6.00. The normalized spacial score (nSPS) is 11.3. The third kappa shape index (κ3) is 64.6. The molecule has 0 saturated heterocycles. The van der Waals surface area contributed by atoms with Crippen molar-refractivity contribution in [2.24, 2.45) is 0 Å². The van der Waals surface area contributed by atoms with Crippen LogP contribution in [0.15, 0.2) is 35.2 Å². The molecule has 0 saturated carbocycles. The van der Waals surface area contributed by atoms with Gasteiger partial charge < -0.3 is 53.2 Å². The predicted molar refractivity (Wildman–Crippen MR) is 71.2 cm³/mol. The molecule has 1 aromatic rings. The smallest absolute Gasteiger partial charge is 1.00 e. The number of benzene rings is 1. The van der Waals surface area contributed by atoms with Gasteiger partial charge in [0.25, 0.3) is 0 Å². The number of sulfone groups is 1. The van der Waals surface area contributed by atoms with Crippen LogP contribution in [0.25, 0.3) is 0 Å². The number of hydrogen-bond donors (Lipinski definition) is 0. The summed E-state index contributed by atoms with van der Waals surface area (Å²) in [4.78, 5) is 0.370. The van der Waals surface area contributed by atoms with Gasteiger partial charge in [-0.25, -0.2) is 8.42 Å². The zero-order valence-electron chi connectivity index (χ0n) is 13.9. The van der Waals surface area contributed by atoms with Gasteiger partial charge in [0, 0.05) is 6.26 Å². The molecule has 0 fully saturated rings. The van der Waals surface area contributed by atoms with E-state index in [2.05, 4.69) is 0 Å². The van der Waals surface area contributed by atoms with Gasteiger partial charge in [0.05, 0.1) is 4.90 Å². The van der Waals surface area contributed by atoms with Gasteiger partial charge in [-0.15, -0.1) is 0 Å². The van der Waals surface area contributed by atoms with E-state index in [1.165, 1.54) is 6.26 Å². The molecule has 19 heteroatoms. The predicted octanol–water partition coefficient (Wildman–Crippen LogP) is 2.11. The molecule has 0 amide bonds. The number of rotatable bonds is 1. The van der Waals surface area contributed by atoms with Gasteiger partial charge in [-0.05, 0) is 12.1 Å². The fourth-order valence-electron chi connectivity index (χ4n) is 0.668. The Morgan fingerprint density at radius 2 is 0.846 bits per heavy atom. The molecule has 0 aliphatic rings. The third-order valence-corrected chi connectivity index (χ3v) is 2.30. The van der Waals surface area contributed by atoms with Crippen LogP contribution in [0.3, 0.4) is 0 Å². The summed E-state index contributed by atoms with van der Waals surface area (Å²) in [5, 5.41) is 0. The monoisotopic (exact) mass is 457 g/mol. The molecule has 0 unspecified atom stereocenters. The summed E-state index contributed by atoms with van der Waals surface area (Å²) in [5.41, 5.74) is 0. The zero-order chi connectivity index (χ0) is 21.1. The van der Waals surface area contributed by atoms with E-state index in [0.29, 0.717) is 4.90 Å². The first-order chi connectivity index (χ1) is 10.6. The molecule has 0 aliphatic heterocycles. The van der Waals surface area contributed by atoms with Crippen molar-refractivity contribution >= 4 is 31.6 Å². The Bertz CT molecular complexity index is 519. The molecule has 0 atom stereocenters. The van der Waals surface area contributed by atoms with Crippen LogP contribution in [-0.2, 0) is 9.84 Å². The number of halogens is 12. The summed E-state index contributed by atoms with van der Waals surface area (Å²) in [7, 11) is -21.0. The Hall–Kier alpha value is 0.161. The molecule has 0 aromatic heterocycles. The molecule has 0 heterocycles. The quantitative estimate of drug-likeness (QED) is 0.479. The second kappa shape index (κ2) is 14.2. The maximum atomic E-state index is 10.8. The van der Waals surface area contributed by atoms with Gasteiger partial charge in [-0.2, -0.15) is 0 Å². The molecule has 152 valence electrons. The molecule has 0 aliphatic carbocycles. The summed E-state index contributed by atoms with van der Waals surface area (Å²) in [6.45, 7) is 0. The molecule has 0 bridgehead atoms. The van der Waals surface area contributed by atoms with E-state index in [1.54, 1.807) is 30.3 Å². The third-order valence-electron chi connectivity index (χ3n) is 1.17. The van der Waals surface area contributed by atoms with Crippen molar-refractivity contribution in [3.63, 3.8) is 0 Å². The van der Waals surface area contributed by atoms with Gasteiger partial charge in [0.15, 0.2) is 9.84 Å². The largest absolute Gasteiger partial charge is 1.00 e. The Balaban J connectivity index is -0.0000000831. The van der Waals surface area contributed by atoms with E-state index in [-0.39, 0.29) is 52.8 Å². The van der Waals surface area contributed by atoms with Crippen molar-refractivity contribution in [3.8, 4) is 0 Å². The van der Waals surface area contributed by atoms with E-state index in [4.69, 9.17) is 0 Å². The van der Waals surface area contributed by atoms with Crippen molar-refractivity contribution in [2.75, 3.05) is 6.26 Å². The van der Waals surface area contributed by atoms with Gasteiger partial charge >= 0.3 is 73.1 Å². The molecule has 0 spiro atoms. The molecule has 0 N–H and O–H groups in total. The maximum Gasteiger partial charge on any atom is 1.00 e. The summed E-state index contributed by atoms with van der Waals surface area (Å²) in [6.07, 6.45) is 1.20. The van der Waals surface area contributed by atoms with E-state index in [0.717, 1.165) is 0 Å². The van der Waals surface area contributed by atoms with Crippen LogP contribution in [-0.4, -0.2) is 36.4 Å². The van der Waals surface area contributed by atoms with Crippen molar-refractivity contribution in [3.05, 3.63) is 30.3 Å². The first-order valence-corrected chi connectivity index (χ1v) is 7.37. The average molecular weight is 457 g/mol. The van der Waals surface area contributed by atoms with Gasteiger partial charge in [0.1, 0.15) is 0 Å². The Morgan fingerprint density at radius 1 is 0.654 bits per heavy atom. The minimum Gasteiger partial charge on any atom is -1.00 e. The van der Waals surface area contributed by atoms with Crippen LogP contribution in [0.2, 0.25) is 0 Å². The van der Waals surface area contributed by atoms with E-state index in [9.17, 15) is 60.2 Å². The van der Waals surface area contributed by atoms with E-state index >= 15 is 0 Å². The van der Waals surface area contributed by atoms with E-state index < -0.39 is 31.6 Å². The Labute approximate surface area is 184 Å². The van der Waals surface area contributed by atoms with Gasteiger partial charge in [0.2, 0.25) is 0 Å². The molecule has 1 rings (SSSR count). The summed E-state index contributed by atoms with van der Waals surface area (Å²) < 4.78 is 139. The average Bonchev–Trinajstić information content (AvgIpc) is 2.22. The topological polar surface area (TPSA) is 34.1 Å². The second-order valence-corrected chi connectivity index (χ2v) is 5.59. The Morgan fingerprint density at radius 3 is 0.962 bits per heavy atom. The van der Waals surface area contributed by atoms with Gasteiger partial charge in [-0.3, -0.25) is 0 Å². The fourth-order valence-corrected chi connectivity index (χ4v) is 1.32. The van der Waals surface area contributed by atoms with E-state index in [1.807, 2.05) is 0 Å². The van der Waals surface area contributed by atoms with Gasteiger partial charge in [-0.1, -0.05) is 18.2 Å². The van der Waals surface area contributed by atoms with Crippen LogP contribution < -0.4 is 51.4 Å². The Kier molecular flexibility index (Phi) is 18.4. The van der Waals surface area contributed by atoms with Crippen LogP contribution in [0.1, 0.15) is 1.43 Å². The van der Waals surface area contributed by atoms with Crippen LogP contribution in [0.4, 0.5) is 51.8 Å². The minimum absolute atomic E-state index is 0. The van der Waals surface area contributed by atoms with Crippen molar-refractivity contribution in [1.29, 1.82) is 0 Å². The molecule has 0 radical (unpaired) electrons. The van der Waals surface area contributed by atoms with Crippen molar-refractivity contribution < 1.29 is 113 Å². The van der Waals surface area contributed by atoms with Crippen LogP contribution in [0, 0.1) is 0 Å². The zero-order valence-corrected chi connectivity index (χ0v) is 16.8. The maximum absolute atomic E-state index is 10.8. The van der Waals surface area contributed by atoms with Crippen molar-refractivity contribution in [1.82, 2.24) is 0 Å². The van der Waals surface area contributed by atoms with Crippen LogP contribution in [0.5, 0.6) is 0 Å². The van der Waals surface area contributed by atoms with Crippen molar-refractivity contribution in [2.45, 2.75) is 4.90 Å². The molecule has 26 heavy (non-hydrogen) atoms. The van der Waals surface area contributed by atoms with Crippen LogP contribution >= 0.6 is 0 Å². The molecular formula is C7H9B3F12KO2S-3. The summed E-state index contributed by atoms with van der Waals surface area (Å²) >= 11 is 0. The molecule has 2 nitrogen and oxygen atoms in total. The second-order valence-electron chi connectivity index (χ2n) is 3.57. The summed E-state index contributed by atoms with van der Waals surface area (Å²) in [6, 6.07) is 8.35.